The topological polar surface area (TPSA) is 41.6 Å². The van der Waals surface area contributed by atoms with E-state index in [1.807, 2.05) is 31.0 Å². The predicted octanol–water partition coefficient (Wildman–Crippen LogP) is 3.16. The van der Waals surface area contributed by atoms with Crippen LogP contribution in [0.4, 0.5) is 0 Å². The van der Waals surface area contributed by atoms with E-state index in [0.29, 0.717) is 11.1 Å². The monoisotopic (exact) mass is 239 g/mol. The Kier molecular flexibility index (Phi) is 4.19. The van der Waals surface area contributed by atoms with Gasteiger partial charge in [0, 0.05) is 5.70 Å². The van der Waals surface area contributed by atoms with Crippen molar-refractivity contribution in [1.29, 1.82) is 0 Å². The number of hydrogen-bond donors (Lipinski definition) is 1. The summed E-state index contributed by atoms with van der Waals surface area (Å²) in [7, 11) is 0. The van der Waals surface area contributed by atoms with Crippen molar-refractivity contribution >= 4 is 16.8 Å². The quantitative estimate of drug-likeness (QED) is 0.804. The molecule has 0 aromatic heterocycles. The molecule has 4 heteroatoms. The van der Waals surface area contributed by atoms with Crippen LogP contribution in [-0.4, -0.2) is 10.2 Å². The van der Waals surface area contributed by atoms with Crippen LogP contribution in [0.15, 0.2) is 40.4 Å². The van der Waals surface area contributed by atoms with Gasteiger partial charge in [0.2, 0.25) is 0 Å². The predicted molar refractivity (Wildman–Crippen MR) is 69.7 cm³/mol. The molecule has 16 heavy (non-hydrogen) atoms. The summed E-state index contributed by atoms with van der Waals surface area (Å²) in [4.78, 5) is 0. The van der Waals surface area contributed by atoms with Gasteiger partial charge in [0.15, 0.2) is 0 Å². The molecular formula is C12H18ClN3. The molecule has 0 atom stereocenters. The molecule has 1 aliphatic heterocycles. The first kappa shape index (κ1) is 12.8. The molecule has 0 saturated carbocycles. The molecule has 88 valence electrons. The number of rotatable bonds is 2. The average molecular weight is 240 g/mol. The highest BCUT2D eigenvalue weighted by atomic mass is 35.5. The second-order valence-electron chi connectivity index (χ2n) is 4.00. The van der Waals surface area contributed by atoms with Gasteiger partial charge in [0.1, 0.15) is 5.17 Å². The first-order chi connectivity index (χ1) is 7.47. The summed E-state index contributed by atoms with van der Waals surface area (Å²) in [5, 5.41) is 6.57. The third-order valence-electron chi connectivity index (χ3n) is 2.31. The summed E-state index contributed by atoms with van der Waals surface area (Å²) >= 11 is 5.92. The maximum absolute atomic E-state index is 5.92. The number of hydrogen-bond acceptors (Lipinski definition) is 3. The van der Waals surface area contributed by atoms with Crippen molar-refractivity contribution in [1.82, 2.24) is 5.01 Å². The van der Waals surface area contributed by atoms with Gasteiger partial charge < -0.3 is 5.73 Å². The van der Waals surface area contributed by atoms with Crippen LogP contribution in [0.3, 0.4) is 0 Å². The van der Waals surface area contributed by atoms with E-state index < -0.39 is 0 Å². The number of nitrogens with zero attached hydrogens (tertiary/aromatic N) is 2. The van der Waals surface area contributed by atoms with Crippen molar-refractivity contribution in [3.8, 4) is 0 Å². The van der Waals surface area contributed by atoms with E-state index in [-0.39, 0.29) is 0 Å². The van der Waals surface area contributed by atoms with Crippen molar-refractivity contribution in [3.05, 3.63) is 35.3 Å². The molecule has 0 saturated heterocycles. The fourth-order valence-corrected chi connectivity index (χ4v) is 1.83. The standard InChI is InChI=1S/C12H18ClN3/c1-5-10-6-7-11(13)15-16(10)12(8(2)3)9(4)14/h5-8H,14H2,1-4H3/b10-5-,12-9-. The lowest BCUT2D eigenvalue weighted by Gasteiger charge is -2.28. The van der Waals surface area contributed by atoms with Crippen molar-refractivity contribution in [2.45, 2.75) is 27.7 Å². The summed E-state index contributed by atoms with van der Waals surface area (Å²) in [6.45, 7) is 8.01. The van der Waals surface area contributed by atoms with Crippen LogP contribution in [0.1, 0.15) is 27.7 Å². The third kappa shape index (κ3) is 2.67. The molecule has 0 bridgehead atoms. The second-order valence-corrected chi connectivity index (χ2v) is 4.39. The first-order valence-corrected chi connectivity index (χ1v) is 5.70. The number of halogens is 1. The van der Waals surface area contributed by atoms with E-state index in [2.05, 4.69) is 18.9 Å². The van der Waals surface area contributed by atoms with Gasteiger partial charge in [-0.2, -0.15) is 5.10 Å². The minimum absolute atomic E-state index is 0.291. The Hall–Kier alpha value is -1.22. The SMILES string of the molecule is C/C=C1/C=CC(Cl)=NN1/C(=C(/C)N)C(C)C. The van der Waals surface area contributed by atoms with Gasteiger partial charge in [-0.05, 0) is 31.9 Å². The van der Waals surface area contributed by atoms with E-state index in [0.717, 1.165) is 17.1 Å². The average Bonchev–Trinajstić information content (AvgIpc) is 2.17. The second kappa shape index (κ2) is 5.21. The van der Waals surface area contributed by atoms with Gasteiger partial charge in [-0.15, -0.1) is 0 Å². The molecule has 0 aromatic carbocycles. The van der Waals surface area contributed by atoms with E-state index >= 15 is 0 Å². The summed E-state index contributed by atoms with van der Waals surface area (Å²) in [5.41, 5.74) is 8.63. The zero-order valence-electron chi connectivity index (χ0n) is 10.2. The summed E-state index contributed by atoms with van der Waals surface area (Å²) in [6, 6.07) is 0. The highest BCUT2D eigenvalue weighted by Crippen LogP contribution is 2.26. The smallest absolute Gasteiger partial charge is 0.150 e. The third-order valence-corrected chi connectivity index (χ3v) is 2.51. The van der Waals surface area contributed by atoms with Gasteiger partial charge in [0.05, 0.1) is 11.4 Å². The van der Waals surface area contributed by atoms with Crippen LogP contribution in [-0.2, 0) is 0 Å². The Morgan fingerprint density at radius 2 is 2.12 bits per heavy atom. The molecule has 0 aromatic rings. The van der Waals surface area contributed by atoms with Gasteiger partial charge in [-0.1, -0.05) is 31.5 Å². The number of nitrogens with two attached hydrogens (primary N) is 1. The molecule has 0 amide bonds. The molecule has 0 fully saturated rings. The first-order valence-electron chi connectivity index (χ1n) is 5.32. The lowest BCUT2D eigenvalue weighted by molar-refractivity contribution is 0.405. The molecule has 3 nitrogen and oxygen atoms in total. The Morgan fingerprint density at radius 1 is 1.50 bits per heavy atom. The molecule has 1 rings (SSSR count). The Morgan fingerprint density at radius 3 is 2.56 bits per heavy atom. The van der Waals surface area contributed by atoms with Crippen LogP contribution in [0, 0.1) is 5.92 Å². The molecule has 0 aliphatic carbocycles. The number of hydrazone groups is 1. The Bertz CT molecular complexity index is 385. The van der Waals surface area contributed by atoms with E-state index in [1.165, 1.54) is 0 Å². The van der Waals surface area contributed by atoms with Crippen LogP contribution in [0.2, 0.25) is 0 Å². The largest absolute Gasteiger partial charge is 0.401 e. The zero-order chi connectivity index (χ0) is 12.3. The molecular weight excluding hydrogens is 222 g/mol. The molecule has 2 N–H and O–H groups in total. The fraction of sp³-hybridized carbons (Fsp3) is 0.417. The van der Waals surface area contributed by atoms with E-state index in [1.54, 1.807) is 6.08 Å². The van der Waals surface area contributed by atoms with Crippen LogP contribution >= 0.6 is 11.6 Å². The lowest BCUT2D eigenvalue weighted by Crippen LogP contribution is -2.25. The van der Waals surface area contributed by atoms with Crippen LogP contribution in [0.25, 0.3) is 0 Å². The summed E-state index contributed by atoms with van der Waals surface area (Å²) < 4.78 is 0. The summed E-state index contributed by atoms with van der Waals surface area (Å²) in [5.74, 6) is 0.291. The Labute approximate surface area is 102 Å². The van der Waals surface area contributed by atoms with Crippen molar-refractivity contribution in [2.24, 2.45) is 16.8 Å². The van der Waals surface area contributed by atoms with Gasteiger partial charge in [-0.25, -0.2) is 5.01 Å². The molecule has 1 aliphatic rings. The zero-order valence-corrected chi connectivity index (χ0v) is 10.9. The van der Waals surface area contributed by atoms with Gasteiger partial charge >= 0.3 is 0 Å². The van der Waals surface area contributed by atoms with Crippen molar-refractivity contribution in [2.75, 3.05) is 0 Å². The van der Waals surface area contributed by atoms with Crippen molar-refractivity contribution in [3.63, 3.8) is 0 Å². The summed E-state index contributed by atoms with van der Waals surface area (Å²) in [6.07, 6.45) is 5.69. The highest BCUT2D eigenvalue weighted by Gasteiger charge is 2.19. The van der Waals surface area contributed by atoms with E-state index in [9.17, 15) is 0 Å². The Balaban J connectivity index is 3.20. The van der Waals surface area contributed by atoms with Crippen LogP contribution in [0.5, 0.6) is 0 Å². The molecule has 0 unspecified atom stereocenters. The fourth-order valence-electron chi connectivity index (χ4n) is 1.69. The van der Waals surface area contributed by atoms with Gasteiger partial charge in [0.25, 0.3) is 0 Å². The number of allylic oxidation sites excluding steroid dienone is 5. The van der Waals surface area contributed by atoms with Gasteiger partial charge in [-0.3, -0.25) is 0 Å². The minimum atomic E-state index is 0.291. The molecule has 0 spiro atoms. The molecule has 0 radical (unpaired) electrons. The highest BCUT2D eigenvalue weighted by molar-refractivity contribution is 6.68. The minimum Gasteiger partial charge on any atom is -0.401 e. The van der Waals surface area contributed by atoms with E-state index in [4.69, 9.17) is 17.3 Å². The maximum atomic E-state index is 5.92. The lowest BCUT2D eigenvalue weighted by atomic mass is 10.1. The normalized spacial score (nSPS) is 20.2. The van der Waals surface area contributed by atoms with Crippen LogP contribution < -0.4 is 5.73 Å². The van der Waals surface area contributed by atoms with Crippen molar-refractivity contribution < 1.29 is 0 Å². The molecule has 1 heterocycles. The maximum Gasteiger partial charge on any atom is 0.150 e.